The minimum atomic E-state index is -0.159. The average Bonchev–Trinajstić information content (AvgIpc) is 2.49. The zero-order valence-electron chi connectivity index (χ0n) is 11.5. The largest absolute Gasteiger partial charge is 0.326 e. The van der Waals surface area contributed by atoms with E-state index in [0.29, 0.717) is 16.1 Å². The first-order valence-corrected chi connectivity index (χ1v) is 7.88. The predicted molar refractivity (Wildman–Crippen MR) is 91.9 cm³/mol. The Balaban J connectivity index is 1.79. The Morgan fingerprint density at radius 2 is 1.82 bits per heavy atom. The van der Waals surface area contributed by atoms with Crippen LogP contribution in [0.5, 0.6) is 0 Å². The standard InChI is InChI=1S/C17H12ClNO2S/c18-11-5-7-12(8-6-11)19-17(21)10-13-9-15(20)14-3-1-2-4-16(14)22-13/h1-9H,10H2,(H,19,21). The van der Waals surface area contributed by atoms with E-state index < -0.39 is 0 Å². The molecule has 1 aromatic heterocycles. The first-order valence-electron chi connectivity index (χ1n) is 6.69. The monoisotopic (exact) mass is 329 g/mol. The fourth-order valence-corrected chi connectivity index (χ4v) is 3.34. The summed E-state index contributed by atoms with van der Waals surface area (Å²) in [4.78, 5) is 24.9. The molecule has 0 aliphatic heterocycles. The maximum Gasteiger partial charge on any atom is 0.229 e. The molecule has 0 aliphatic rings. The Labute approximate surface area is 136 Å². The molecule has 0 aliphatic carbocycles. The first-order chi connectivity index (χ1) is 10.6. The summed E-state index contributed by atoms with van der Waals surface area (Å²) in [5.74, 6) is -0.159. The van der Waals surface area contributed by atoms with Gasteiger partial charge in [0.05, 0.1) is 6.42 Å². The lowest BCUT2D eigenvalue weighted by atomic mass is 10.2. The van der Waals surface area contributed by atoms with Gasteiger partial charge in [-0.3, -0.25) is 9.59 Å². The highest BCUT2D eigenvalue weighted by Crippen LogP contribution is 2.20. The second kappa shape index (κ2) is 6.30. The van der Waals surface area contributed by atoms with Crippen LogP contribution < -0.4 is 10.7 Å². The SMILES string of the molecule is O=C(Cc1cc(=O)c2ccccc2s1)Nc1ccc(Cl)cc1. The topological polar surface area (TPSA) is 46.2 Å². The van der Waals surface area contributed by atoms with E-state index in [2.05, 4.69) is 5.32 Å². The Morgan fingerprint density at radius 1 is 1.09 bits per heavy atom. The van der Waals surface area contributed by atoms with Crippen LogP contribution in [0.4, 0.5) is 5.69 Å². The van der Waals surface area contributed by atoms with Gasteiger partial charge in [-0.05, 0) is 42.5 Å². The summed E-state index contributed by atoms with van der Waals surface area (Å²) in [6, 6.07) is 15.9. The van der Waals surface area contributed by atoms with Crippen molar-refractivity contribution >= 4 is 44.6 Å². The number of amides is 1. The summed E-state index contributed by atoms with van der Waals surface area (Å²) in [7, 11) is 0. The van der Waals surface area contributed by atoms with Crippen LogP contribution in [-0.4, -0.2) is 5.91 Å². The molecule has 3 nitrogen and oxygen atoms in total. The normalized spacial score (nSPS) is 10.6. The van der Waals surface area contributed by atoms with E-state index in [4.69, 9.17) is 11.6 Å². The fourth-order valence-electron chi connectivity index (χ4n) is 2.14. The van der Waals surface area contributed by atoms with Crippen LogP contribution in [0.15, 0.2) is 59.4 Å². The highest BCUT2D eigenvalue weighted by atomic mass is 35.5. The quantitative estimate of drug-likeness (QED) is 0.786. The molecule has 0 spiro atoms. The number of benzene rings is 2. The molecule has 0 bridgehead atoms. The fraction of sp³-hybridized carbons (Fsp3) is 0.0588. The van der Waals surface area contributed by atoms with Crippen molar-refractivity contribution in [2.75, 3.05) is 5.32 Å². The number of nitrogens with one attached hydrogen (secondary N) is 1. The third kappa shape index (κ3) is 3.35. The summed E-state index contributed by atoms with van der Waals surface area (Å²) >= 11 is 7.27. The molecule has 2 aromatic carbocycles. The molecule has 3 aromatic rings. The number of fused-ring (bicyclic) bond motifs is 1. The van der Waals surface area contributed by atoms with Crippen LogP contribution in [0.1, 0.15) is 4.88 Å². The maximum absolute atomic E-state index is 12.1. The molecule has 1 N–H and O–H groups in total. The molecule has 1 heterocycles. The second-order valence-corrected chi connectivity index (χ2v) is 6.41. The second-order valence-electron chi connectivity index (χ2n) is 4.80. The summed E-state index contributed by atoms with van der Waals surface area (Å²) in [6.07, 6.45) is 0.174. The van der Waals surface area contributed by atoms with Gasteiger partial charge in [-0.2, -0.15) is 0 Å². The minimum Gasteiger partial charge on any atom is -0.326 e. The van der Waals surface area contributed by atoms with E-state index in [9.17, 15) is 9.59 Å². The number of halogens is 1. The molecule has 0 fully saturated rings. The van der Waals surface area contributed by atoms with E-state index >= 15 is 0 Å². The molecular formula is C17H12ClNO2S. The van der Waals surface area contributed by atoms with E-state index in [0.717, 1.165) is 9.58 Å². The van der Waals surface area contributed by atoms with Crippen molar-refractivity contribution in [2.45, 2.75) is 6.42 Å². The van der Waals surface area contributed by atoms with Gasteiger partial charge in [-0.25, -0.2) is 0 Å². The van der Waals surface area contributed by atoms with Crippen molar-refractivity contribution in [3.8, 4) is 0 Å². The number of rotatable bonds is 3. The van der Waals surface area contributed by atoms with Gasteiger partial charge >= 0.3 is 0 Å². The summed E-state index contributed by atoms with van der Waals surface area (Å²) in [6.45, 7) is 0. The molecule has 1 amide bonds. The summed E-state index contributed by atoms with van der Waals surface area (Å²) in [5, 5.41) is 4.10. The van der Waals surface area contributed by atoms with Gasteiger partial charge in [0.2, 0.25) is 5.91 Å². The average molecular weight is 330 g/mol. The van der Waals surface area contributed by atoms with Crippen molar-refractivity contribution < 1.29 is 4.79 Å². The molecule has 0 saturated heterocycles. The van der Waals surface area contributed by atoms with Crippen LogP contribution in [-0.2, 0) is 11.2 Å². The third-order valence-electron chi connectivity index (χ3n) is 3.15. The highest BCUT2D eigenvalue weighted by Gasteiger charge is 2.08. The molecule has 0 radical (unpaired) electrons. The highest BCUT2D eigenvalue weighted by molar-refractivity contribution is 7.18. The Kier molecular flexibility index (Phi) is 4.22. The molecule has 5 heteroatoms. The van der Waals surface area contributed by atoms with Gasteiger partial charge in [0.1, 0.15) is 0 Å². The van der Waals surface area contributed by atoms with Gasteiger partial charge in [0, 0.05) is 25.7 Å². The van der Waals surface area contributed by atoms with Crippen molar-refractivity contribution in [1.29, 1.82) is 0 Å². The molecule has 110 valence electrons. The predicted octanol–water partition coefficient (Wildman–Crippen LogP) is 4.10. The van der Waals surface area contributed by atoms with Gasteiger partial charge in [-0.1, -0.05) is 23.7 Å². The lowest BCUT2D eigenvalue weighted by Crippen LogP contribution is -2.15. The molecular weight excluding hydrogens is 318 g/mol. The van der Waals surface area contributed by atoms with Gasteiger partial charge in [0.25, 0.3) is 0 Å². The van der Waals surface area contributed by atoms with Crippen LogP contribution in [0.3, 0.4) is 0 Å². The van der Waals surface area contributed by atoms with Gasteiger partial charge in [-0.15, -0.1) is 11.3 Å². The van der Waals surface area contributed by atoms with Crippen LogP contribution in [0, 0.1) is 0 Å². The number of carbonyl (C=O) groups excluding carboxylic acids is 1. The zero-order valence-corrected chi connectivity index (χ0v) is 13.1. The lowest BCUT2D eigenvalue weighted by Gasteiger charge is -2.05. The lowest BCUT2D eigenvalue weighted by molar-refractivity contribution is -0.115. The number of carbonyl (C=O) groups is 1. The van der Waals surface area contributed by atoms with E-state index in [1.165, 1.54) is 17.4 Å². The van der Waals surface area contributed by atoms with Gasteiger partial charge < -0.3 is 5.32 Å². The summed E-state index contributed by atoms with van der Waals surface area (Å²) < 4.78 is 0.893. The number of anilines is 1. The smallest absolute Gasteiger partial charge is 0.229 e. The molecule has 3 rings (SSSR count). The molecule has 0 saturated carbocycles. The van der Waals surface area contributed by atoms with Gasteiger partial charge in [0.15, 0.2) is 5.43 Å². The van der Waals surface area contributed by atoms with Crippen LogP contribution in [0.2, 0.25) is 5.02 Å². The van der Waals surface area contributed by atoms with E-state index in [-0.39, 0.29) is 17.8 Å². The van der Waals surface area contributed by atoms with Crippen molar-refractivity contribution in [1.82, 2.24) is 0 Å². The Bertz CT molecular complexity index is 887. The zero-order chi connectivity index (χ0) is 15.5. The Hall–Kier alpha value is -2.17. The van der Waals surface area contributed by atoms with Crippen molar-refractivity contribution in [3.05, 3.63) is 74.7 Å². The number of hydrogen-bond acceptors (Lipinski definition) is 3. The minimum absolute atomic E-state index is 0.0522. The van der Waals surface area contributed by atoms with E-state index in [1.54, 1.807) is 30.3 Å². The number of hydrogen-bond donors (Lipinski definition) is 1. The van der Waals surface area contributed by atoms with Crippen LogP contribution >= 0.6 is 22.9 Å². The third-order valence-corrected chi connectivity index (χ3v) is 4.50. The van der Waals surface area contributed by atoms with Crippen molar-refractivity contribution in [3.63, 3.8) is 0 Å². The maximum atomic E-state index is 12.1. The van der Waals surface area contributed by atoms with Crippen LogP contribution in [0.25, 0.3) is 10.1 Å². The first kappa shape index (κ1) is 14.8. The van der Waals surface area contributed by atoms with E-state index in [1.807, 2.05) is 18.2 Å². The van der Waals surface area contributed by atoms with Crippen molar-refractivity contribution in [2.24, 2.45) is 0 Å². The molecule has 22 heavy (non-hydrogen) atoms. The molecule has 0 unspecified atom stereocenters. The summed E-state index contributed by atoms with van der Waals surface area (Å²) in [5.41, 5.74) is 0.631. The molecule has 0 atom stereocenters. The Morgan fingerprint density at radius 3 is 2.59 bits per heavy atom.